The molecule has 0 aliphatic heterocycles. The van der Waals surface area contributed by atoms with Crippen molar-refractivity contribution < 1.29 is 4.42 Å². The van der Waals surface area contributed by atoms with Gasteiger partial charge in [0.05, 0.1) is 16.4 Å². The van der Waals surface area contributed by atoms with Crippen molar-refractivity contribution in [3.8, 4) is 40.0 Å². The first-order chi connectivity index (χ1) is 19.8. The zero-order chi connectivity index (χ0) is 26.5. The summed E-state index contributed by atoms with van der Waals surface area (Å²) in [6.07, 6.45) is 0. The molecule has 0 amide bonds. The molecule has 0 unspecified atom stereocenters. The van der Waals surface area contributed by atoms with E-state index in [0.29, 0.717) is 17.6 Å². The van der Waals surface area contributed by atoms with Crippen LogP contribution in [0.4, 0.5) is 0 Å². The van der Waals surface area contributed by atoms with Crippen LogP contribution in [0.2, 0.25) is 0 Å². The van der Waals surface area contributed by atoms with Crippen LogP contribution in [0.15, 0.2) is 138 Å². The highest BCUT2D eigenvalue weighted by Gasteiger charge is 2.20. The summed E-state index contributed by atoms with van der Waals surface area (Å²) in [6.45, 7) is 0. The van der Waals surface area contributed by atoms with Crippen molar-refractivity contribution >= 4 is 32.8 Å². The van der Waals surface area contributed by atoms with Gasteiger partial charge in [-0.15, -0.1) is 0 Å². The van der Waals surface area contributed by atoms with E-state index in [9.17, 15) is 0 Å². The minimum atomic E-state index is 0.563. The van der Waals surface area contributed by atoms with Crippen LogP contribution in [-0.2, 0) is 0 Å². The fourth-order valence-corrected chi connectivity index (χ4v) is 5.41. The standard InChI is InChI=1S/C35H22N4O/c1-4-12-23(13-5-1)30-22-26-20-21-29-31(32(26)40-30)27-18-10-11-19-28(27)39(29)35-37-33(24-14-6-2-7-15-24)36-34(38-35)25-16-8-3-9-17-25/h1-22H. The third kappa shape index (κ3) is 3.60. The number of hydrogen-bond acceptors (Lipinski definition) is 4. The molecule has 0 aliphatic rings. The largest absolute Gasteiger partial charge is 0.455 e. The number of benzene rings is 5. The van der Waals surface area contributed by atoms with Crippen LogP contribution in [-0.4, -0.2) is 19.5 Å². The number of hydrogen-bond donors (Lipinski definition) is 0. The monoisotopic (exact) mass is 514 g/mol. The van der Waals surface area contributed by atoms with Crippen molar-refractivity contribution in [3.63, 3.8) is 0 Å². The van der Waals surface area contributed by atoms with Crippen LogP contribution in [0.3, 0.4) is 0 Å². The quantitative estimate of drug-likeness (QED) is 0.236. The van der Waals surface area contributed by atoms with Crippen LogP contribution < -0.4 is 0 Å². The maximum atomic E-state index is 6.54. The van der Waals surface area contributed by atoms with Crippen molar-refractivity contribution in [2.45, 2.75) is 0 Å². The Balaban J connectivity index is 1.43. The lowest BCUT2D eigenvalue weighted by Gasteiger charge is -2.10. The van der Waals surface area contributed by atoms with Gasteiger partial charge in [-0.1, -0.05) is 109 Å². The predicted octanol–water partition coefficient (Wildman–Crippen LogP) is 8.72. The van der Waals surface area contributed by atoms with E-state index in [1.54, 1.807) is 0 Å². The van der Waals surface area contributed by atoms with Gasteiger partial charge in [0, 0.05) is 27.5 Å². The second kappa shape index (κ2) is 9.03. The summed E-state index contributed by atoms with van der Waals surface area (Å²) < 4.78 is 8.66. The minimum absolute atomic E-state index is 0.563. The van der Waals surface area contributed by atoms with Gasteiger partial charge in [-0.3, -0.25) is 4.57 Å². The summed E-state index contributed by atoms with van der Waals surface area (Å²) in [5, 5.41) is 3.18. The molecule has 0 saturated carbocycles. The van der Waals surface area contributed by atoms with Gasteiger partial charge in [0.25, 0.3) is 0 Å². The molecule has 8 aromatic rings. The normalized spacial score (nSPS) is 11.5. The van der Waals surface area contributed by atoms with Crippen LogP contribution in [0.1, 0.15) is 0 Å². The van der Waals surface area contributed by atoms with Crippen LogP contribution >= 0.6 is 0 Å². The molecule has 40 heavy (non-hydrogen) atoms. The Bertz CT molecular complexity index is 2090. The first kappa shape index (κ1) is 22.4. The predicted molar refractivity (Wildman–Crippen MR) is 160 cm³/mol. The average Bonchev–Trinajstić information content (AvgIpc) is 3.62. The van der Waals surface area contributed by atoms with E-state index in [1.165, 1.54) is 0 Å². The van der Waals surface area contributed by atoms with Crippen molar-refractivity contribution in [3.05, 3.63) is 133 Å². The first-order valence-corrected chi connectivity index (χ1v) is 13.2. The van der Waals surface area contributed by atoms with Gasteiger partial charge < -0.3 is 4.42 Å². The molecular weight excluding hydrogens is 492 g/mol. The summed E-state index contributed by atoms with van der Waals surface area (Å²) in [5.41, 5.74) is 5.76. The Morgan fingerprint density at radius 1 is 0.500 bits per heavy atom. The fourth-order valence-electron chi connectivity index (χ4n) is 5.41. The minimum Gasteiger partial charge on any atom is -0.455 e. The molecule has 188 valence electrons. The molecule has 3 heterocycles. The molecule has 0 saturated heterocycles. The molecular formula is C35H22N4O. The Morgan fingerprint density at radius 3 is 1.73 bits per heavy atom. The molecule has 5 heteroatoms. The Kier molecular flexibility index (Phi) is 5.07. The number of furan rings is 1. The molecule has 0 radical (unpaired) electrons. The van der Waals surface area contributed by atoms with Crippen molar-refractivity contribution in [2.75, 3.05) is 0 Å². The van der Waals surface area contributed by atoms with Crippen molar-refractivity contribution in [1.82, 2.24) is 19.5 Å². The van der Waals surface area contributed by atoms with E-state index in [0.717, 1.165) is 55.2 Å². The molecule has 0 bridgehead atoms. The van der Waals surface area contributed by atoms with Gasteiger partial charge in [-0.2, -0.15) is 9.97 Å². The maximum Gasteiger partial charge on any atom is 0.238 e. The topological polar surface area (TPSA) is 56.7 Å². The SMILES string of the molecule is c1ccc(-c2nc(-c3ccccc3)nc(-n3c4ccccc4c4c5oc(-c6ccccc6)cc5ccc43)n2)cc1. The Labute approximate surface area is 230 Å². The van der Waals surface area contributed by atoms with E-state index >= 15 is 0 Å². The second-order valence-corrected chi connectivity index (χ2v) is 9.72. The van der Waals surface area contributed by atoms with Gasteiger partial charge >= 0.3 is 0 Å². The van der Waals surface area contributed by atoms with Crippen LogP contribution in [0, 0.1) is 0 Å². The summed E-state index contributed by atoms with van der Waals surface area (Å²) in [5.74, 6) is 2.66. The number of nitrogens with zero attached hydrogens (tertiary/aromatic N) is 4. The number of para-hydroxylation sites is 1. The van der Waals surface area contributed by atoms with Crippen LogP contribution in [0.5, 0.6) is 0 Å². The molecule has 0 atom stereocenters. The number of rotatable bonds is 4. The fraction of sp³-hybridized carbons (Fsp3) is 0. The van der Waals surface area contributed by atoms with E-state index in [1.807, 2.05) is 84.9 Å². The van der Waals surface area contributed by atoms with E-state index < -0.39 is 0 Å². The van der Waals surface area contributed by atoms with E-state index in [-0.39, 0.29) is 0 Å². The molecule has 8 rings (SSSR count). The van der Waals surface area contributed by atoms with Gasteiger partial charge in [0.15, 0.2) is 11.6 Å². The number of aromatic nitrogens is 4. The third-order valence-electron chi connectivity index (χ3n) is 7.27. The number of fused-ring (bicyclic) bond motifs is 5. The zero-order valence-corrected chi connectivity index (χ0v) is 21.4. The summed E-state index contributed by atoms with van der Waals surface area (Å²) in [6, 6.07) is 45.0. The summed E-state index contributed by atoms with van der Waals surface area (Å²) in [7, 11) is 0. The highest BCUT2D eigenvalue weighted by Crippen LogP contribution is 2.39. The maximum absolute atomic E-state index is 6.54. The lowest BCUT2D eigenvalue weighted by Crippen LogP contribution is -2.06. The molecule has 0 aliphatic carbocycles. The zero-order valence-electron chi connectivity index (χ0n) is 21.4. The Morgan fingerprint density at radius 2 is 1.07 bits per heavy atom. The van der Waals surface area contributed by atoms with Gasteiger partial charge in [-0.25, -0.2) is 4.98 Å². The third-order valence-corrected chi connectivity index (χ3v) is 7.27. The Hall–Kier alpha value is -5.55. The molecule has 0 spiro atoms. The second-order valence-electron chi connectivity index (χ2n) is 9.72. The van der Waals surface area contributed by atoms with Gasteiger partial charge in [-0.05, 0) is 24.3 Å². The van der Waals surface area contributed by atoms with Crippen LogP contribution in [0.25, 0.3) is 72.8 Å². The van der Waals surface area contributed by atoms with E-state index in [4.69, 9.17) is 19.4 Å². The summed E-state index contributed by atoms with van der Waals surface area (Å²) in [4.78, 5) is 14.9. The highest BCUT2D eigenvalue weighted by atomic mass is 16.3. The molecule has 0 fully saturated rings. The smallest absolute Gasteiger partial charge is 0.238 e. The highest BCUT2D eigenvalue weighted by molar-refractivity contribution is 6.19. The lowest BCUT2D eigenvalue weighted by atomic mass is 10.1. The first-order valence-electron chi connectivity index (χ1n) is 13.2. The average molecular weight is 515 g/mol. The van der Waals surface area contributed by atoms with E-state index in [2.05, 4.69) is 53.1 Å². The van der Waals surface area contributed by atoms with Crippen molar-refractivity contribution in [1.29, 1.82) is 0 Å². The van der Waals surface area contributed by atoms with Gasteiger partial charge in [0.2, 0.25) is 5.95 Å². The summed E-state index contributed by atoms with van der Waals surface area (Å²) >= 11 is 0. The van der Waals surface area contributed by atoms with Gasteiger partial charge in [0.1, 0.15) is 11.3 Å². The molecule has 5 aromatic carbocycles. The molecule has 3 aromatic heterocycles. The molecule has 5 nitrogen and oxygen atoms in total. The lowest BCUT2D eigenvalue weighted by molar-refractivity contribution is 0.635. The van der Waals surface area contributed by atoms with Crippen molar-refractivity contribution in [2.24, 2.45) is 0 Å². The molecule has 0 N–H and O–H groups in total.